The predicted octanol–water partition coefficient (Wildman–Crippen LogP) is 4.71. The average Bonchev–Trinajstić information content (AvgIpc) is 3.50. The van der Waals surface area contributed by atoms with E-state index in [1.807, 2.05) is 66.7 Å². The molecule has 0 radical (unpaired) electrons. The zero-order valence-corrected chi connectivity index (χ0v) is 14.8. The fourth-order valence-corrected chi connectivity index (χ4v) is 3.19. The Balaban J connectivity index is 1.29. The summed E-state index contributed by atoms with van der Waals surface area (Å²) in [4.78, 5) is 12.4. The van der Waals surface area contributed by atoms with Gasteiger partial charge >= 0.3 is 0 Å². The van der Waals surface area contributed by atoms with E-state index in [4.69, 9.17) is 4.74 Å². The molecule has 1 fully saturated rings. The second-order valence-electron chi connectivity index (χ2n) is 6.83. The molecule has 27 heavy (non-hydrogen) atoms. The lowest BCUT2D eigenvalue weighted by Gasteiger charge is -2.08. The number of carbonyl (C=O) groups is 1. The van der Waals surface area contributed by atoms with Crippen LogP contribution in [0.5, 0.6) is 11.5 Å². The van der Waals surface area contributed by atoms with Crippen molar-refractivity contribution in [3.8, 4) is 11.5 Å². The molecule has 0 bridgehead atoms. The number of hydrogen-bond donors (Lipinski definition) is 2. The van der Waals surface area contributed by atoms with E-state index in [9.17, 15) is 9.90 Å². The van der Waals surface area contributed by atoms with E-state index in [1.165, 1.54) is 0 Å². The molecule has 0 spiro atoms. The van der Waals surface area contributed by atoms with Gasteiger partial charge in [0.05, 0.1) is 0 Å². The van der Waals surface area contributed by atoms with Crippen LogP contribution in [0.4, 0.5) is 5.69 Å². The first-order valence-electron chi connectivity index (χ1n) is 9.05. The van der Waals surface area contributed by atoms with Crippen molar-refractivity contribution in [1.82, 2.24) is 0 Å². The number of benzene rings is 3. The Bertz CT molecular complexity index is 905. The number of nitrogens with one attached hydrogen (secondary N) is 1. The van der Waals surface area contributed by atoms with E-state index in [1.54, 1.807) is 12.1 Å². The smallest absolute Gasteiger partial charge is 0.228 e. The van der Waals surface area contributed by atoms with Gasteiger partial charge in [-0.1, -0.05) is 42.5 Å². The van der Waals surface area contributed by atoms with Gasteiger partial charge in [0.1, 0.15) is 18.1 Å². The fraction of sp³-hybridized carbons (Fsp3) is 0.174. The van der Waals surface area contributed by atoms with Gasteiger partial charge in [-0.25, -0.2) is 0 Å². The Labute approximate surface area is 158 Å². The monoisotopic (exact) mass is 359 g/mol. The molecule has 0 aliphatic heterocycles. The number of anilines is 1. The number of ether oxygens (including phenoxy) is 1. The van der Waals surface area contributed by atoms with Crippen LogP contribution < -0.4 is 10.1 Å². The number of phenolic OH excluding ortho intramolecular Hbond substituents is 1. The van der Waals surface area contributed by atoms with Gasteiger partial charge in [0.25, 0.3) is 0 Å². The number of rotatable bonds is 6. The van der Waals surface area contributed by atoms with Crippen LogP contribution in [0.2, 0.25) is 0 Å². The highest BCUT2D eigenvalue weighted by Crippen LogP contribution is 2.48. The van der Waals surface area contributed by atoms with Crippen molar-refractivity contribution in [1.29, 1.82) is 0 Å². The van der Waals surface area contributed by atoms with Crippen LogP contribution in [0.1, 0.15) is 23.5 Å². The van der Waals surface area contributed by atoms with Crippen molar-refractivity contribution < 1.29 is 14.6 Å². The second-order valence-corrected chi connectivity index (χ2v) is 6.83. The third-order valence-electron chi connectivity index (χ3n) is 4.82. The van der Waals surface area contributed by atoms with Gasteiger partial charge in [0.15, 0.2) is 0 Å². The van der Waals surface area contributed by atoms with E-state index >= 15 is 0 Å². The largest absolute Gasteiger partial charge is 0.508 e. The van der Waals surface area contributed by atoms with Crippen molar-refractivity contribution in [3.05, 3.63) is 90.0 Å². The lowest BCUT2D eigenvalue weighted by molar-refractivity contribution is -0.117. The molecule has 3 aromatic rings. The summed E-state index contributed by atoms with van der Waals surface area (Å²) in [5, 5.41) is 12.3. The van der Waals surface area contributed by atoms with Gasteiger partial charge in [-0.15, -0.1) is 0 Å². The maximum absolute atomic E-state index is 12.4. The minimum absolute atomic E-state index is 0.0106. The molecule has 1 saturated carbocycles. The Morgan fingerprint density at radius 2 is 1.67 bits per heavy atom. The number of carbonyl (C=O) groups excluding carboxylic acids is 1. The summed E-state index contributed by atoms with van der Waals surface area (Å²) in [6, 6.07) is 24.5. The molecule has 2 atom stereocenters. The van der Waals surface area contributed by atoms with Gasteiger partial charge in [-0.3, -0.25) is 4.79 Å². The van der Waals surface area contributed by atoms with E-state index < -0.39 is 0 Å². The van der Waals surface area contributed by atoms with Crippen molar-refractivity contribution in [2.45, 2.75) is 18.9 Å². The molecule has 4 heteroatoms. The van der Waals surface area contributed by atoms with Gasteiger partial charge < -0.3 is 15.2 Å². The maximum atomic E-state index is 12.4. The molecule has 1 amide bonds. The molecule has 4 nitrogen and oxygen atoms in total. The normalized spacial score (nSPS) is 17.9. The zero-order chi connectivity index (χ0) is 18.6. The van der Waals surface area contributed by atoms with Crippen LogP contribution in [0.25, 0.3) is 0 Å². The summed E-state index contributed by atoms with van der Waals surface area (Å²) in [6.45, 7) is 0.517. The highest BCUT2D eigenvalue weighted by Gasteiger charge is 2.43. The van der Waals surface area contributed by atoms with Gasteiger partial charge in [-0.05, 0) is 59.9 Å². The van der Waals surface area contributed by atoms with Crippen LogP contribution >= 0.6 is 0 Å². The third-order valence-corrected chi connectivity index (χ3v) is 4.82. The second kappa shape index (κ2) is 7.54. The highest BCUT2D eigenvalue weighted by atomic mass is 16.5. The fourth-order valence-electron chi connectivity index (χ4n) is 3.19. The lowest BCUT2D eigenvalue weighted by Crippen LogP contribution is -2.14. The molecule has 0 heterocycles. The van der Waals surface area contributed by atoms with Crippen molar-refractivity contribution in [3.63, 3.8) is 0 Å². The highest BCUT2D eigenvalue weighted by molar-refractivity contribution is 5.95. The minimum Gasteiger partial charge on any atom is -0.508 e. The van der Waals surface area contributed by atoms with Crippen LogP contribution in [0.3, 0.4) is 0 Å². The number of aromatic hydroxyl groups is 1. The SMILES string of the molecule is O=C(Nc1ccc(OCc2ccccc2)cc1)C1CC1c1ccc(O)cc1. The number of amides is 1. The van der Waals surface area contributed by atoms with Crippen LogP contribution in [0, 0.1) is 5.92 Å². The van der Waals surface area contributed by atoms with E-state index in [2.05, 4.69) is 5.32 Å². The standard InChI is InChI=1S/C23H21NO3/c25-19-10-6-17(7-11-19)21-14-22(21)23(26)24-18-8-12-20(13-9-18)27-15-16-4-2-1-3-5-16/h1-13,21-22,25H,14-15H2,(H,24,26). The molecule has 1 aliphatic rings. The first kappa shape index (κ1) is 17.2. The molecule has 4 rings (SSSR count). The van der Waals surface area contributed by atoms with E-state index in [-0.39, 0.29) is 23.5 Å². The summed E-state index contributed by atoms with van der Waals surface area (Å²) in [5.74, 6) is 1.27. The van der Waals surface area contributed by atoms with Gasteiger partial charge in [0.2, 0.25) is 5.91 Å². The molecular formula is C23H21NO3. The number of phenols is 1. The Hall–Kier alpha value is -3.27. The van der Waals surface area contributed by atoms with Crippen molar-refractivity contribution >= 4 is 11.6 Å². The van der Waals surface area contributed by atoms with Crippen LogP contribution in [-0.4, -0.2) is 11.0 Å². The summed E-state index contributed by atoms with van der Waals surface area (Å²) >= 11 is 0. The molecule has 1 aliphatic carbocycles. The predicted molar refractivity (Wildman–Crippen MR) is 105 cm³/mol. The molecule has 136 valence electrons. The lowest BCUT2D eigenvalue weighted by atomic mass is 10.1. The minimum atomic E-state index is -0.0106. The number of hydrogen-bond acceptors (Lipinski definition) is 3. The Kier molecular flexibility index (Phi) is 4.79. The van der Waals surface area contributed by atoms with Crippen LogP contribution in [-0.2, 0) is 11.4 Å². The van der Waals surface area contributed by atoms with E-state index in [0.717, 1.165) is 29.0 Å². The maximum Gasteiger partial charge on any atom is 0.228 e. The summed E-state index contributed by atoms with van der Waals surface area (Å²) in [7, 11) is 0. The quantitative estimate of drug-likeness (QED) is 0.670. The first-order valence-corrected chi connectivity index (χ1v) is 9.05. The van der Waals surface area contributed by atoms with Crippen LogP contribution in [0.15, 0.2) is 78.9 Å². The average molecular weight is 359 g/mol. The molecule has 0 saturated heterocycles. The topological polar surface area (TPSA) is 58.6 Å². The zero-order valence-electron chi connectivity index (χ0n) is 14.8. The molecule has 2 unspecified atom stereocenters. The van der Waals surface area contributed by atoms with Crippen molar-refractivity contribution in [2.24, 2.45) is 5.92 Å². The van der Waals surface area contributed by atoms with Crippen molar-refractivity contribution in [2.75, 3.05) is 5.32 Å². The molecular weight excluding hydrogens is 338 g/mol. The Morgan fingerprint density at radius 1 is 0.963 bits per heavy atom. The summed E-state index contributed by atoms with van der Waals surface area (Å²) in [6.07, 6.45) is 0.842. The molecule has 0 aromatic heterocycles. The van der Waals surface area contributed by atoms with Gasteiger partial charge in [-0.2, -0.15) is 0 Å². The summed E-state index contributed by atoms with van der Waals surface area (Å²) < 4.78 is 5.76. The van der Waals surface area contributed by atoms with E-state index in [0.29, 0.717) is 6.61 Å². The third kappa shape index (κ3) is 4.29. The summed E-state index contributed by atoms with van der Waals surface area (Å²) in [5.41, 5.74) is 2.98. The molecule has 3 aromatic carbocycles. The molecule has 2 N–H and O–H groups in total. The van der Waals surface area contributed by atoms with Gasteiger partial charge in [0, 0.05) is 11.6 Å². The first-order chi connectivity index (χ1) is 13.2. The Morgan fingerprint density at radius 3 is 2.37 bits per heavy atom.